The summed E-state index contributed by atoms with van der Waals surface area (Å²) in [6, 6.07) is 7.50. The number of rotatable bonds is 5. The smallest absolute Gasteiger partial charge is 0.258 e. The number of hydrogen-bond donors (Lipinski definition) is 2. The van der Waals surface area contributed by atoms with E-state index in [9.17, 15) is 4.79 Å². The number of para-hydroxylation sites is 1. The molecule has 0 saturated heterocycles. The summed E-state index contributed by atoms with van der Waals surface area (Å²) in [6.45, 7) is 10.1. The topological polar surface area (TPSA) is 58.6 Å². The van der Waals surface area contributed by atoms with Crippen LogP contribution in [0.15, 0.2) is 24.3 Å². The van der Waals surface area contributed by atoms with Crippen molar-refractivity contribution in [3.8, 4) is 5.75 Å². The van der Waals surface area contributed by atoms with Gasteiger partial charge in [-0.05, 0) is 18.6 Å². The molecule has 2 N–H and O–H groups in total. The molecule has 0 radical (unpaired) electrons. The first kappa shape index (κ1) is 19.8. The molecule has 1 amide bonds. The Hall–Kier alpha value is -1.55. The number of benzene rings is 1. The first-order valence-corrected chi connectivity index (χ1v) is 6.80. The number of hydrogen-bond acceptors (Lipinski definition) is 3. The van der Waals surface area contributed by atoms with Gasteiger partial charge in [0.1, 0.15) is 5.75 Å². The summed E-state index contributed by atoms with van der Waals surface area (Å²) in [5, 5.41) is 11.0. The van der Waals surface area contributed by atoms with Gasteiger partial charge in [0, 0.05) is 6.54 Å². The van der Waals surface area contributed by atoms with Crippen LogP contribution in [-0.2, 0) is 4.79 Å². The van der Waals surface area contributed by atoms with Crippen molar-refractivity contribution >= 4 is 5.91 Å². The van der Waals surface area contributed by atoms with Crippen molar-refractivity contribution in [1.29, 1.82) is 0 Å². The first-order valence-electron chi connectivity index (χ1n) is 6.80. The predicted octanol–water partition coefficient (Wildman–Crippen LogP) is 2.53. The van der Waals surface area contributed by atoms with E-state index in [1.807, 2.05) is 58.9 Å². The van der Waals surface area contributed by atoms with Gasteiger partial charge in [-0.1, -0.05) is 45.9 Å². The molecule has 0 bridgehead atoms. The van der Waals surface area contributed by atoms with Crippen LogP contribution in [0.5, 0.6) is 5.75 Å². The van der Waals surface area contributed by atoms with E-state index in [4.69, 9.17) is 9.84 Å². The van der Waals surface area contributed by atoms with Crippen LogP contribution in [0.1, 0.15) is 33.3 Å². The highest BCUT2D eigenvalue weighted by Crippen LogP contribution is 2.15. The van der Waals surface area contributed by atoms with E-state index in [0.29, 0.717) is 5.75 Å². The summed E-state index contributed by atoms with van der Waals surface area (Å²) in [6.07, 6.45) is 0. The van der Waals surface area contributed by atoms with Crippen molar-refractivity contribution in [3.63, 3.8) is 0 Å². The van der Waals surface area contributed by atoms with Crippen LogP contribution in [0.3, 0.4) is 0 Å². The van der Waals surface area contributed by atoms with Crippen LogP contribution in [-0.4, -0.2) is 30.8 Å². The van der Waals surface area contributed by atoms with E-state index in [2.05, 4.69) is 5.32 Å². The molecule has 0 saturated carbocycles. The van der Waals surface area contributed by atoms with E-state index in [1.165, 1.54) is 0 Å². The molecule has 0 aliphatic rings. The van der Waals surface area contributed by atoms with Gasteiger partial charge in [-0.15, -0.1) is 0 Å². The third kappa shape index (κ3) is 10.1. The largest absolute Gasteiger partial charge is 0.484 e. The number of amides is 1. The maximum absolute atomic E-state index is 11.1. The Kier molecular flexibility index (Phi) is 15.1. The average molecular weight is 269 g/mol. The maximum atomic E-state index is 11.1. The molecule has 0 aromatic heterocycles. The van der Waals surface area contributed by atoms with E-state index in [-0.39, 0.29) is 25.7 Å². The molecule has 0 unspecified atom stereocenters. The standard InChI is InChI=1S/C11H15NO3.2C2H6/c1-9-4-2-3-5-10(9)15-8-11(14)12-6-7-13;2*1-2/h2-5,13H,6-8H2,1H3,(H,12,14);2*1-2H3. The van der Waals surface area contributed by atoms with Gasteiger partial charge in [-0.2, -0.15) is 0 Å². The summed E-state index contributed by atoms with van der Waals surface area (Å²) in [7, 11) is 0. The Labute approximate surface area is 116 Å². The van der Waals surface area contributed by atoms with Crippen LogP contribution >= 0.6 is 0 Å². The lowest BCUT2D eigenvalue weighted by Gasteiger charge is -2.08. The number of aryl methyl sites for hydroxylation is 1. The summed E-state index contributed by atoms with van der Waals surface area (Å²) >= 11 is 0. The van der Waals surface area contributed by atoms with Gasteiger partial charge < -0.3 is 15.2 Å². The van der Waals surface area contributed by atoms with Crippen LogP contribution < -0.4 is 10.1 Å². The molecule has 0 aliphatic carbocycles. The number of ether oxygens (including phenoxy) is 1. The summed E-state index contributed by atoms with van der Waals surface area (Å²) < 4.78 is 5.30. The Morgan fingerprint density at radius 2 is 1.79 bits per heavy atom. The zero-order chi connectivity index (χ0) is 15.1. The number of carbonyl (C=O) groups excluding carboxylic acids is 1. The lowest BCUT2D eigenvalue weighted by molar-refractivity contribution is -0.123. The highest BCUT2D eigenvalue weighted by Gasteiger charge is 2.02. The zero-order valence-electron chi connectivity index (χ0n) is 12.7. The predicted molar refractivity (Wildman–Crippen MR) is 79.5 cm³/mol. The van der Waals surface area contributed by atoms with E-state index in [1.54, 1.807) is 0 Å². The van der Waals surface area contributed by atoms with E-state index in [0.717, 1.165) is 5.56 Å². The monoisotopic (exact) mass is 269 g/mol. The molecule has 1 rings (SSSR count). The molecule has 0 heterocycles. The SMILES string of the molecule is CC.CC.Cc1ccccc1OCC(=O)NCCO. The van der Waals surface area contributed by atoms with Crippen molar-refractivity contribution < 1.29 is 14.6 Å². The average Bonchev–Trinajstić information content (AvgIpc) is 2.48. The summed E-state index contributed by atoms with van der Waals surface area (Å²) in [4.78, 5) is 11.1. The second kappa shape index (κ2) is 14.5. The Morgan fingerprint density at radius 3 is 2.32 bits per heavy atom. The lowest BCUT2D eigenvalue weighted by Crippen LogP contribution is -2.31. The molecule has 1 aromatic carbocycles. The number of carbonyl (C=O) groups is 1. The third-order valence-corrected chi connectivity index (χ3v) is 1.89. The highest BCUT2D eigenvalue weighted by atomic mass is 16.5. The van der Waals surface area contributed by atoms with Crippen LogP contribution in [0, 0.1) is 6.92 Å². The normalized spacial score (nSPS) is 8.32. The molecule has 19 heavy (non-hydrogen) atoms. The highest BCUT2D eigenvalue weighted by molar-refractivity contribution is 5.77. The second-order valence-corrected chi connectivity index (χ2v) is 3.13. The summed E-state index contributed by atoms with van der Waals surface area (Å²) in [5.74, 6) is 0.476. The zero-order valence-corrected chi connectivity index (χ0v) is 12.7. The van der Waals surface area contributed by atoms with Crippen molar-refractivity contribution in [2.24, 2.45) is 0 Å². The molecule has 0 atom stereocenters. The number of nitrogens with one attached hydrogen (secondary N) is 1. The fraction of sp³-hybridized carbons (Fsp3) is 0.533. The number of aliphatic hydroxyl groups is 1. The van der Waals surface area contributed by atoms with Gasteiger partial charge in [0.05, 0.1) is 6.61 Å². The molecule has 1 aromatic rings. The molecular weight excluding hydrogens is 242 g/mol. The Balaban J connectivity index is 0. The minimum atomic E-state index is -0.229. The van der Waals surface area contributed by atoms with Gasteiger partial charge in [0.25, 0.3) is 5.91 Å². The van der Waals surface area contributed by atoms with Crippen LogP contribution in [0.4, 0.5) is 0 Å². The van der Waals surface area contributed by atoms with Gasteiger partial charge in [0.2, 0.25) is 0 Å². The fourth-order valence-electron chi connectivity index (χ4n) is 1.11. The quantitative estimate of drug-likeness (QED) is 0.863. The Morgan fingerprint density at radius 1 is 1.21 bits per heavy atom. The van der Waals surface area contributed by atoms with Gasteiger partial charge >= 0.3 is 0 Å². The molecule has 4 heteroatoms. The van der Waals surface area contributed by atoms with Gasteiger partial charge in [0.15, 0.2) is 6.61 Å². The summed E-state index contributed by atoms with van der Waals surface area (Å²) in [5.41, 5.74) is 0.993. The van der Waals surface area contributed by atoms with Crippen molar-refractivity contribution in [3.05, 3.63) is 29.8 Å². The molecule has 0 spiro atoms. The van der Waals surface area contributed by atoms with Crippen LogP contribution in [0.2, 0.25) is 0 Å². The second-order valence-electron chi connectivity index (χ2n) is 3.13. The van der Waals surface area contributed by atoms with Crippen molar-refractivity contribution in [2.45, 2.75) is 34.6 Å². The maximum Gasteiger partial charge on any atom is 0.258 e. The van der Waals surface area contributed by atoms with Crippen molar-refractivity contribution in [1.82, 2.24) is 5.32 Å². The van der Waals surface area contributed by atoms with Crippen LogP contribution in [0.25, 0.3) is 0 Å². The van der Waals surface area contributed by atoms with E-state index >= 15 is 0 Å². The minimum Gasteiger partial charge on any atom is -0.484 e. The van der Waals surface area contributed by atoms with Gasteiger partial charge in [-0.25, -0.2) is 0 Å². The Bertz CT molecular complexity index is 327. The van der Waals surface area contributed by atoms with Gasteiger partial charge in [-0.3, -0.25) is 4.79 Å². The lowest BCUT2D eigenvalue weighted by atomic mass is 10.2. The molecule has 0 aliphatic heterocycles. The third-order valence-electron chi connectivity index (χ3n) is 1.89. The van der Waals surface area contributed by atoms with E-state index < -0.39 is 0 Å². The van der Waals surface area contributed by atoms with Crippen molar-refractivity contribution in [2.75, 3.05) is 19.8 Å². The molecule has 110 valence electrons. The molecular formula is C15H27NO3. The molecule has 0 fully saturated rings. The minimum absolute atomic E-state index is 0.0230. The number of aliphatic hydroxyl groups excluding tert-OH is 1. The molecule has 4 nitrogen and oxygen atoms in total. The fourth-order valence-corrected chi connectivity index (χ4v) is 1.11. The first-order chi connectivity index (χ1) is 9.24.